The fraction of sp³-hybridized carbons (Fsp3) is 0.455. The summed E-state index contributed by atoms with van der Waals surface area (Å²) in [6.45, 7) is 2.17. The molecular weight excluding hydrogens is 174 g/mol. The number of anilines is 1. The predicted octanol–water partition coefficient (Wildman–Crippen LogP) is 1.96. The molecule has 0 amide bonds. The normalized spacial score (nSPS) is 12.7. The SMILES string of the molecule is CCCCC(NN)c1ccccc1N. The molecule has 1 atom stereocenters. The molecule has 1 aromatic carbocycles. The van der Waals surface area contributed by atoms with E-state index in [2.05, 4.69) is 12.3 Å². The van der Waals surface area contributed by atoms with Crippen molar-refractivity contribution in [2.75, 3.05) is 5.73 Å². The number of hydrazine groups is 1. The highest BCUT2D eigenvalue weighted by molar-refractivity contribution is 5.48. The van der Waals surface area contributed by atoms with Crippen molar-refractivity contribution in [3.63, 3.8) is 0 Å². The fourth-order valence-electron chi connectivity index (χ4n) is 1.57. The highest BCUT2D eigenvalue weighted by Gasteiger charge is 2.10. The van der Waals surface area contributed by atoms with Gasteiger partial charge in [-0.2, -0.15) is 0 Å². The molecule has 1 rings (SSSR count). The van der Waals surface area contributed by atoms with E-state index < -0.39 is 0 Å². The van der Waals surface area contributed by atoms with E-state index in [-0.39, 0.29) is 6.04 Å². The van der Waals surface area contributed by atoms with Crippen LogP contribution in [0.3, 0.4) is 0 Å². The maximum absolute atomic E-state index is 5.87. The van der Waals surface area contributed by atoms with E-state index in [1.54, 1.807) is 0 Å². The van der Waals surface area contributed by atoms with E-state index in [1.165, 1.54) is 6.42 Å². The molecule has 0 bridgehead atoms. The third-order valence-electron chi connectivity index (χ3n) is 2.42. The minimum Gasteiger partial charge on any atom is -0.398 e. The lowest BCUT2D eigenvalue weighted by Gasteiger charge is -2.17. The molecule has 0 spiro atoms. The van der Waals surface area contributed by atoms with Gasteiger partial charge < -0.3 is 5.73 Å². The van der Waals surface area contributed by atoms with Crippen molar-refractivity contribution in [3.8, 4) is 0 Å². The second-order valence-corrected chi connectivity index (χ2v) is 3.49. The molecule has 0 aliphatic heterocycles. The van der Waals surface area contributed by atoms with Crippen LogP contribution >= 0.6 is 0 Å². The van der Waals surface area contributed by atoms with Crippen LogP contribution in [0.25, 0.3) is 0 Å². The Morgan fingerprint density at radius 1 is 1.36 bits per heavy atom. The molecule has 0 aliphatic carbocycles. The van der Waals surface area contributed by atoms with Gasteiger partial charge in [0.05, 0.1) is 0 Å². The van der Waals surface area contributed by atoms with Gasteiger partial charge in [-0.25, -0.2) is 0 Å². The molecule has 3 nitrogen and oxygen atoms in total. The zero-order valence-corrected chi connectivity index (χ0v) is 8.66. The lowest BCUT2D eigenvalue weighted by atomic mass is 10.0. The Kier molecular flexibility index (Phi) is 4.43. The molecule has 3 heteroatoms. The van der Waals surface area contributed by atoms with Gasteiger partial charge in [-0.15, -0.1) is 0 Å². The number of benzene rings is 1. The third-order valence-corrected chi connectivity index (χ3v) is 2.42. The standard InChI is InChI=1S/C11H19N3/c1-2-3-8-11(14-13)9-6-4-5-7-10(9)12/h4-7,11,14H,2-3,8,12-13H2,1H3. The Morgan fingerprint density at radius 2 is 2.07 bits per heavy atom. The third kappa shape index (κ3) is 2.72. The van der Waals surface area contributed by atoms with Crippen LogP contribution in [0.1, 0.15) is 37.8 Å². The quantitative estimate of drug-likeness (QED) is 0.380. The summed E-state index contributed by atoms with van der Waals surface area (Å²) in [4.78, 5) is 0. The Morgan fingerprint density at radius 3 is 2.64 bits per heavy atom. The van der Waals surface area contributed by atoms with Gasteiger partial charge in [0.15, 0.2) is 0 Å². The van der Waals surface area contributed by atoms with Gasteiger partial charge in [0, 0.05) is 11.7 Å². The summed E-state index contributed by atoms with van der Waals surface area (Å²) in [5, 5.41) is 0. The van der Waals surface area contributed by atoms with Crippen molar-refractivity contribution in [2.45, 2.75) is 32.2 Å². The van der Waals surface area contributed by atoms with E-state index in [0.29, 0.717) is 0 Å². The number of rotatable bonds is 5. The van der Waals surface area contributed by atoms with Crippen LogP contribution in [-0.4, -0.2) is 0 Å². The summed E-state index contributed by atoms with van der Waals surface area (Å²) >= 11 is 0. The van der Waals surface area contributed by atoms with E-state index >= 15 is 0 Å². The summed E-state index contributed by atoms with van der Waals surface area (Å²) in [5.41, 5.74) is 10.6. The minimum absolute atomic E-state index is 0.177. The topological polar surface area (TPSA) is 64.1 Å². The first-order valence-corrected chi connectivity index (χ1v) is 5.10. The Balaban J connectivity index is 2.73. The first kappa shape index (κ1) is 11.0. The molecule has 0 fully saturated rings. The number of nitrogens with one attached hydrogen (secondary N) is 1. The highest BCUT2D eigenvalue weighted by atomic mass is 15.2. The van der Waals surface area contributed by atoms with Crippen molar-refractivity contribution in [2.24, 2.45) is 5.84 Å². The van der Waals surface area contributed by atoms with Gasteiger partial charge in [-0.1, -0.05) is 38.0 Å². The molecule has 0 heterocycles. The molecule has 5 N–H and O–H groups in total. The highest BCUT2D eigenvalue weighted by Crippen LogP contribution is 2.23. The van der Waals surface area contributed by atoms with Crippen molar-refractivity contribution >= 4 is 5.69 Å². The van der Waals surface area contributed by atoms with Gasteiger partial charge in [0.25, 0.3) is 0 Å². The Hall–Kier alpha value is -1.06. The molecule has 0 saturated heterocycles. The van der Waals surface area contributed by atoms with Crippen LogP contribution in [-0.2, 0) is 0 Å². The maximum atomic E-state index is 5.87. The zero-order valence-electron chi connectivity index (χ0n) is 8.66. The Labute approximate surface area is 85.5 Å². The average Bonchev–Trinajstić information content (AvgIpc) is 2.21. The number of hydrogen-bond acceptors (Lipinski definition) is 3. The van der Waals surface area contributed by atoms with Crippen molar-refractivity contribution in [3.05, 3.63) is 29.8 Å². The molecule has 0 radical (unpaired) electrons. The largest absolute Gasteiger partial charge is 0.398 e. The number of unbranched alkanes of at least 4 members (excludes halogenated alkanes) is 1. The molecule has 78 valence electrons. The zero-order chi connectivity index (χ0) is 10.4. The summed E-state index contributed by atoms with van der Waals surface area (Å²) < 4.78 is 0. The molecule has 14 heavy (non-hydrogen) atoms. The number of para-hydroxylation sites is 1. The van der Waals surface area contributed by atoms with E-state index in [4.69, 9.17) is 11.6 Å². The van der Waals surface area contributed by atoms with Gasteiger partial charge in [-0.3, -0.25) is 11.3 Å². The first-order valence-electron chi connectivity index (χ1n) is 5.10. The van der Waals surface area contributed by atoms with Crippen molar-refractivity contribution in [1.82, 2.24) is 5.43 Å². The van der Waals surface area contributed by atoms with Crippen LogP contribution in [0.5, 0.6) is 0 Å². The smallest absolute Gasteiger partial charge is 0.0480 e. The lowest BCUT2D eigenvalue weighted by Crippen LogP contribution is -2.28. The monoisotopic (exact) mass is 193 g/mol. The van der Waals surface area contributed by atoms with Gasteiger partial charge in [0.1, 0.15) is 0 Å². The van der Waals surface area contributed by atoms with Crippen LogP contribution in [0.2, 0.25) is 0 Å². The van der Waals surface area contributed by atoms with E-state index in [9.17, 15) is 0 Å². The Bertz CT molecular complexity index is 273. The van der Waals surface area contributed by atoms with Crippen LogP contribution in [0.4, 0.5) is 5.69 Å². The van der Waals surface area contributed by atoms with E-state index in [1.807, 2.05) is 24.3 Å². The van der Waals surface area contributed by atoms with Crippen molar-refractivity contribution in [1.29, 1.82) is 0 Å². The van der Waals surface area contributed by atoms with Crippen LogP contribution < -0.4 is 17.0 Å². The molecule has 0 saturated carbocycles. The van der Waals surface area contributed by atoms with E-state index in [0.717, 1.165) is 24.1 Å². The number of nitrogen functional groups attached to an aromatic ring is 1. The molecule has 1 aromatic rings. The molecule has 0 aromatic heterocycles. The summed E-state index contributed by atoms with van der Waals surface area (Å²) in [5.74, 6) is 5.51. The van der Waals surface area contributed by atoms with Gasteiger partial charge >= 0.3 is 0 Å². The second kappa shape index (κ2) is 5.62. The summed E-state index contributed by atoms with van der Waals surface area (Å²) in [7, 11) is 0. The minimum atomic E-state index is 0.177. The fourth-order valence-corrected chi connectivity index (χ4v) is 1.57. The van der Waals surface area contributed by atoms with Crippen LogP contribution in [0.15, 0.2) is 24.3 Å². The maximum Gasteiger partial charge on any atom is 0.0480 e. The van der Waals surface area contributed by atoms with Crippen LogP contribution in [0, 0.1) is 0 Å². The second-order valence-electron chi connectivity index (χ2n) is 3.49. The number of nitrogens with two attached hydrogens (primary N) is 2. The molecular formula is C11H19N3. The lowest BCUT2D eigenvalue weighted by molar-refractivity contribution is 0.496. The summed E-state index contributed by atoms with van der Waals surface area (Å²) in [6.07, 6.45) is 3.36. The predicted molar refractivity (Wildman–Crippen MR) is 60.4 cm³/mol. The van der Waals surface area contributed by atoms with Crippen molar-refractivity contribution < 1.29 is 0 Å². The van der Waals surface area contributed by atoms with Gasteiger partial charge in [0.2, 0.25) is 0 Å². The van der Waals surface area contributed by atoms with Gasteiger partial charge in [-0.05, 0) is 18.1 Å². The molecule has 0 aliphatic rings. The first-order chi connectivity index (χ1) is 6.79. The molecule has 1 unspecified atom stereocenters. The number of hydrogen-bond donors (Lipinski definition) is 3. The summed E-state index contributed by atoms with van der Waals surface area (Å²) in [6, 6.07) is 8.03. The average molecular weight is 193 g/mol.